The largest absolute Gasteiger partial charge is 0.235 e. The Kier molecular flexibility index (Phi) is 4.17. The maximum atomic E-state index is 9.59. The van der Waals surface area contributed by atoms with Crippen LogP contribution in [0.2, 0.25) is 0 Å². The summed E-state index contributed by atoms with van der Waals surface area (Å²) in [6.07, 6.45) is 0. The van der Waals surface area contributed by atoms with Crippen LogP contribution in [-0.2, 0) is 0 Å². The van der Waals surface area contributed by atoms with Gasteiger partial charge in [-0.3, -0.25) is 0 Å². The summed E-state index contributed by atoms with van der Waals surface area (Å²) in [6.45, 7) is 0. The second-order valence-electron chi connectivity index (χ2n) is 6.92. The Labute approximate surface area is 173 Å². The fourth-order valence-corrected chi connectivity index (χ4v) is 3.80. The van der Waals surface area contributed by atoms with Crippen molar-refractivity contribution in [3.8, 4) is 34.4 Å². The van der Waals surface area contributed by atoms with Gasteiger partial charge in [-0.15, -0.1) is 0 Å². The quantitative estimate of drug-likeness (QED) is 0.358. The number of pyridine rings is 2. The number of hydrogen-bond acceptors (Lipinski definition) is 4. The summed E-state index contributed by atoms with van der Waals surface area (Å²) in [5.41, 5.74) is 5.73. The first kappa shape index (κ1) is 17.6. The smallest absolute Gasteiger partial charge is 0.141 e. The first-order chi connectivity index (χ1) is 14.8. The summed E-state index contributed by atoms with van der Waals surface area (Å²) in [7, 11) is 0. The van der Waals surface area contributed by atoms with Crippen LogP contribution in [0.15, 0.2) is 84.9 Å². The van der Waals surface area contributed by atoms with E-state index in [4.69, 9.17) is 0 Å². The number of rotatable bonds is 2. The molecule has 2 heterocycles. The summed E-state index contributed by atoms with van der Waals surface area (Å²) in [5.74, 6) is 0. The Morgan fingerprint density at radius 3 is 1.30 bits per heavy atom. The SMILES string of the molecule is N#Cc1cc(-c2ccccc2)c2ccc3c(-c4ccccc4)cc(C#N)nc3c2n1. The number of aromatic nitrogens is 2. The molecule has 0 unspecified atom stereocenters. The number of fused-ring (bicyclic) bond motifs is 3. The van der Waals surface area contributed by atoms with Crippen molar-refractivity contribution in [3.63, 3.8) is 0 Å². The third-order valence-electron chi connectivity index (χ3n) is 5.16. The lowest BCUT2D eigenvalue weighted by atomic mass is 9.95. The van der Waals surface area contributed by atoms with Gasteiger partial charge in [-0.2, -0.15) is 10.5 Å². The molecule has 0 radical (unpaired) electrons. The fraction of sp³-hybridized carbons (Fsp3) is 0. The maximum Gasteiger partial charge on any atom is 0.141 e. The van der Waals surface area contributed by atoms with Crippen molar-refractivity contribution in [3.05, 3.63) is 96.3 Å². The standard InChI is InChI=1S/C26H14N4/c27-15-19-13-23(17-7-3-1-4-8-17)21-11-12-22-24(18-9-5-2-6-10-18)14-20(16-28)30-26(22)25(21)29-19/h1-14H. The van der Waals surface area contributed by atoms with Crippen LogP contribution in [0.4, 0.5) is 0 Å². The van der Waals surface area contributed by atoms with Crippen molar-refractivity contribution in [2.75, 3.05) is 0 Å². The van der Waals surface area contributed by atoms with Crippen molar-refractivity contribution in [1.82, 2.24) is 9.97 Å². The molecule has 0 saturated heterocycles. The second kappa shape index (κ2) is 7.13. The van der Waals surface area contributed by atoms with Gasteiger partial charge in [0.25, 0.3) is 0 Å². The molecule has 2 aromatic heterocycles. The topological polar surface area (TPSA) is 73.4 Å². The van der Waals surface area contributed by atoms with E-state index in [1.807, 2.05) is 72.8 Å². The van der Waals surface area contributed by atoms with Gasteiger partial charge in [0.15, 0.2) is 0 Å². The average Bonchev–Trinajstić information content (AvgIpc) is 2.83. The lowest BCUT2D eigenvalue weighted by Gasteiger charge is -2.12. The lowest BCUT2D eigenvalue weighted by molar-refractivity contribution is 1.30. The molecule has 30 heavy (non-hydrogen) atoms. The molecule has 0 bridgehead atoms. The average molecular weight is 382 g/mol. The molecule has 0 aliphatic carbocycles. The molecular weight excluding hydrogens is 368 g/mol. The molecule has 0 aliphatic heterocycles. The van der Waals surface area contributed by atoms with E-state index in [1.54, 1.807) is 12.1 Å². The monoisotopic (exact) mass is 382 g/mol. The van der Waals surface area contributed by atoms with Crippen LogP contribution in [0.3, 0.4) is 0 Å². The van der Waals surface area contributed by atoms with Crippen LogP contribution in [0.25, 0.3) is 44.1 Å². The molecule has 0 fully saturated rings. The van der Waals surface area contributed by atoms with E-state index in [9.17, 15) is 10.5 Å². The molecule has 0 spiro atoms. The van der Waals surface area contributed by atoms with Crippen LogP contribution in [-0.4, -0.2) is 9.97 Å². The molecule has 138 valence electrons. The number of nitriles is 2. The van der Waals surface area contributed by atoms with E-state index in [-0.39, 0.29) is 0 Å². The first-order valence-electron chi connectivity index (χ1n) is 9.48. The lowest BCUT2D eigenvalue weighted by Crippen LogP contribution is -1.95. The van der Waals surface area contributed by atoms with Gasteiger partial charge in [-0.25, -0.2) is 9.97 Å². The molecular formula is C26H14N4. The zero-order chi connectivity index (χ0) is 20.5. The van der Waals surface area contributed by atoms with Gasteiger partial charge < -0.3 is 0 Å². The van der Waals surface area contributed by atoms with Crippen LogP contribution in [0.5, 0.6) is 0 Å². The predicted molar refractivity (Wildman–Crippen MR) is 117 cm³/mol. The minimum Gasteiger partial charge on any atom is -0.235 e. The number of hydrogen-bond donors (Lipinski definition) is 0. The van der Waals surface area contributed by atoms with Crippen LogP contribution in [0.1, 0.15) is 11.4 Å². The summed E-state index contributed by atoms with van der Waals surface area (Å²) in [4.78, 5) is 9.17. The zero-order valence-corrected chi connectivity index (χ0v) is 15.9. The third kappa shape index (κ3) is 2.85. The van der Waals surface area contributed by atoms with Gasteiger partial charge in [-0.05, 0) is 34.4 Å². The molecule has 0 saturated carbocycles. The number of nitrogens with zero attached hydrogens (tertiary/aromatic N) is 4. The highest BCUT2D eigenvalue weighted by Gasteiger charge is 2.15. The minimum absolute atomic E-state index is 0.319. The zero-order valence-electron chi connectivity index (χ0n) is 15.9. The molecule has 4 heteroatoms. The van der Waals surface area contributed by atoms with Gasteiger partial charge in [0.05, 0.1) is 11.0 Å². The molecule has 0 atom stereocenters. The van der Waals surface area contributed by atoms with E-state index < -0.39 is 0 Å². The molecule has 4 nitrogen and oxygen atoms in total. The second-order valence-corrected chi connectivity index (χ2v) is 6.92. The summed E-state index contributed by atoms with van der Waals surface area (Å²) >= 11 is 0. The van der Waals surface area contributed by atoms with Gasteiger partial charge in [0.1, 0.15) is 23.5 Å². The van der Waals surface area contributed by atoms with Crippen LogP contribution < -0.4 is 0 Å². The summed E-state index contributed by atoms with van der Waals surface area (Å²) in [5, 5.41) is 21.0. The first-order valence-corrected chi connectivity index (χ1v) is 9.48. The van der Waals surface area contributed by atoms with E-state index in [0.29, 0.717) is 22.4 Å². The van der Waals surface area contributed by atoms with Crippen molar-refractivity contribution >= 4 is 21.8 Å². The van der Waals surface area contributed by atoms with Gasteiger partial charge in [-0.1, -0.05) is 72.8 Å². The van der Waals surface area contributed by atoms with E-state index in [0.717, 1.165) is 33.0 Å². The van der Waals surface area contributed by atoms with Gasteiger partial charge in [0.2, 0.25) is 0 Å². The third-order valence-corrected chi connectivity index (χ3v) is 5.16. The maximum absolute atomic E-state index is 9.59. The summed E-state index contributed by atoms with van der Waals surface area (Å²) in [6, 6.07) is 31.8. The van der Waals surface area contributed by atoms with Crippen molar-refractivity contribution in [1.29, 1.82) is 10.5 Å². The van der Waals surface area contributed by atoms with Gasteiger partial charge in [0, 0.05) is 10.8 Å². The normalized spacial score (nSPS) is 10.6. The highest BCUT2D eigenvalue weighted by Crippen LogP contribution is 2.36. The van der Waals surface area contributed by atoms with E-state index >= 15 is 0 Å². The Balaban J connectivity index is 1.93. The Hall–Kier alpha value is -4.54. The predicted octanol–water partition coefficient (Wildman–Crippen LogP) is 5.86. The minimum atomic E-state index is 0.319. The Morgan fingerprint density at radius 2 is 0.933 bits per heavy atom. The Morgan fingerprint density at radius 1 is 0.533 bits per heavy atom. The van der Waals surface area contributed by atoms with Crippen molar-refractivity contribution in [2.45, 2.75) is 0 Å². The molecule has 0 aliphatic rings. The highest BCUT2D eigenvalue weighted by molar-refractivity contribution is 6.12. The molecule has 0 amide bonds. The number of benzene rings is 3. The van der Waals surface area contributed by atoms with Crippen molar-refractivity contribution in [2.24, 2.45) is 0 Å². The van der Waals surface area contributed by atoms with E-state index in [2.05, 4.69) is 22.1 Å². The van der Waals surface area contributed by atoms with Gasteiger partial charge >= 0.3 is 0 Å². The molecule has 0 N–H and O–H groups in total. The molecule has 3 aromatic carbocycles. The Bertz CT molecular complexity index is 1380. The highest BCUT2D eigenvalue weighted by atomic mass is 14.8. The fourth-order valence-electron chi connectivity index (χ4n) is 3.80. The van der Waals surface area contributed by atoms with Crippen LogP contribution in [0, 0.1) is 22.7 Å². The van der Waals surface area contributed by atoms with Crippen LogP contribution >= 0.6 is 0 Å². The van der Waals surface area contributed by atoms with E-state index in [1.165, 1.54) is 0 Å². The van der Waals surface area contributed by atoms with Crippen molar-refractivity contribution < 1.29 is 0 Å². The molecule has 5 rings (SSSR count). The summed E-state index contributed by atoms with van der Waals surface area (Å²) < 4.78 is 0. The molecule has 5 aromatic rings.